The van der Waals surface area contributed by atoms with Gasteiger partial charge in [-0.2, -0.15) is 0 Å². The molecule has 0 spiro atoms. The highest BCUT2D eigenvalue weighted by molar-refractivity contribution is 6.76. The van der Waals surface area contributed by atoms with Gasteiger partial charge >= 0.3 is 5.97 Å². The number of allylic oxidation sites excluding steroid dienone is 2. The number of carbonyl (C=O) groups is 1. The van der Waals surface area contributed by atoms with Crippen LogP contribution in [0.4, 0.5) is 0 Å². The molecule has 0 amide bonds. The van der Waals surface area contributed by atoms with Crippen molar-refractivity contribution in [3.05, 3.63) is 23.8 Å². The van der Waals surface area contributed by atoms with Crippen LogP contribution in [0.15, 0.2) is 23.8 Å². The molecule has 0 aromatic rings. The Hall–Kier alpha value is -0.913. The predicted octanol–water partition coefficient (Wildman–Crippen LogP) is 6.01. The standard InChI is InChI=1S/C25H46O4Si/c1-5-6-11-15-22(24(28)29-20-21-30(2,3)4)25(18-14-16-23(25)27)17-12-9-7-8-10-13-19-26/h12,15,17,23,26-27H,5-11,13-14,16,18-21H2,1-4H3/t23-,25-/m0/s1. The minimum absolute atomic E-state index is 0.238. The van der Waals surface area contributed by atoms with E-state index >= 15 is 0 Å². The van der Waals surface area contributed by atoms with Crippen LogP contribution in [0.5, 0.6) is 0 Å². The third-order valence-electron chi connectivity index (χ3n) is 6.07. The molecular formula is C25H46O4Si. The fourth-order valence-electron chi connectivity index (χ4n) is 4.07. The van der Waals surface area contributed by atoms with Crippen molar-refractivity contribution >= 4 is 14.0 Å². The Labute approximate surface area is 185 Å². The molecule has 0 heterocycles. The molecule has 0 aliphatic heterocycles. The highest BCUT2D eigenvalue weighted by Crippen LogP contribution is 2.46. The second-order valence-corrected chi connectivity index (χ2v) is 15.6. The Morgan fingerprint density at radius 2 is 1.87 bits per heavy atom. The number of carbonyl (C=O) groups excluding carboxylic acids is 1. The number of hydrogen-bond acceptors (Lipinski definition) is 4. The van der Waals surface area contributed by atoms with E-state index in [4.69, 9.17) is 9.84 Å². The van der Waals surface area contributed by atoms with E-state index in [0.717, 1.165) is 76.7 Å². The van der Waals surface area contributed by atoms with E-state index in [2.05, 4.69) is 38.7 Å². The summed E-state index contributed by atoms with van der Waals surface area (Å²) < 4.78 is 5.73. The summed E-state index contributed by atoms with van der Waals surface area (Å²) in [5.41, 5.74) is 0.0720. The number of aliphatic hydroxyl groups is 2. The van der Waals surface area contributed by atoms with E-state index in [0.29, 0.717) is 12.2 Å². The van der Waals surface area contributed by atoms with Gasteiger partial charge in [0, 0.05) is 25.7 Å². The average Bonchev–Trinajstić information content (AvgIpc) is 3.04. The Morgan fingerprint density at radius 1 is 1.13 bits per heavy atom. The summed E-state index contributed by atoms with van der Waals surface area (Å²) in [6.45, 7) is 9.73. The van der Waals surface area contributed by atoms with Crippen LogP contribution in [0, 0.1) is 5.41 Å². The van der Waals surface area contributed by atoms with Gasteiger partial charge in [-0.3, -0.25) is 0 Å². The number of ether oxygens (including phenoxy) is 1. The quantitative estimate of drug-likeness (QED) is 0.108. The molecule has 1 fully saturated rings. The SMILES string of the molecule is CCCCC=C(C(=O)OCC[Si](C)(C)C)[C@]1(C=CCCCCCCO)CCC[C@@H]1O. The second kappa shape index (κ2) is 14.2. The lowest BCUT2D eigenvalue weighted by Gasteiger charge is -2.32. The molecule has 1 aliphatic carbocycles. The predicted molar refractivity (Wildman–Crippen MR) is 128 cm³/mol. The lowest BCUT2D eigenvalue weighted by molar-refractivity contribution is -0.140. The van der Waals surface area contributed by atoms with E-state index in [1.165, 1.54) is 0 Å². The normalized spacial score (nSPS) is 22.7. The average molecular weight is 439 g/mol. The highest BCUT2D eigenvalue weighted by atomic mass is 28.3. The molecule has 2 N–H and O–H groups in total. The fraction of sp³-hybridized carbons (Fsp3) is 0.800. The molecule has 0 bridgehead atoms. The van der Waals surface area contributed by atoms with E-state index < -0.39 is 19.6 Å². The minimum Gasteiger partial charge on any atom is -0.463 e. The van der Waals surface area contributed by atoms with Gasteiger partial charge < -0.3 is 14.9 Å². The van der Waals surface area contributed by atoms with Gasteiger partial charge in [0.1, 0.15) is 0 Å². The fourth-order valence-corrected chi connectivity index (χ4v) is 4.79. The van der Waals surface area contributed by atoms with E-state index in [9.17, 15) is 9.90 Å². The number of esters is 1. The van der Waals surface area contributed by atoms with E-state index in [1.54, 1.807) is 0 Å². The zero-order valence-electron chi connectivity index (χ0n) is 19.9. The monoisotopic (exact) mass is 438 g/mol. The van der Waals surface area contributed by atoms with Crippen LogP contribution in [0.2, 0.25) is 25.7 Å². The van der Waals surface area contributed by atoms with Crippen LogP contribution in [0.3, 0.4) is 0 Å². The van der Waals surface area contributed by atoms with Crippen LogP contribution in [0.25, 0.3) is 0 Å². The highest BCUT2D eigenvalue weighted by Gasteiger charge is 2.46. The summed E-state index contributed by atoms with van der Waals surface area (Å²) in [5.74, 6) is -0.238. The van der Waals surface area contributed by atoms with E-state index in [1.807, 2.05) is 6.08 Å². The second-order valence-electron chi connectivity index (χ2n) is 9.98. The summed E-state index contributed by atoms with van der Waals surface area (Å²) in [6, 6.07) is 0.959. The molecule has 4 nitrogen and oxygen atoms in total. The summed E-state index contributed by atoms with van der Waals surface area (Å²) >= 11 is 0. The molecule has 0 aromatic heterocycles. The summed E-state index contributed by atoms with van der Waals surface area (Å²) in [6.07, 6.45) is 16.2. The maximum absolute atomic E-state index is 13.1. The molecule has 0 radical (unpaired) electrons. The van der Waals surface area contributed by atoms with Crippen LogP contribution in [0.1, 0.15) is 77.6 Å². The van der Waals surface area contributed by atoms with Crippen molar-refractivity contribution in [2.45, 2.75) is 109 Å². The lowest BCUT2D eigenvalue weighted by Crippen LogP contribution is -2.35. The molecule has 0 saturated heterocycles. The van der Waals surface area contributed by atoms with Crippen molar-refractivity contribution in [1.82, 2.24) is 0 Å². The number of rotatable bonds is 15. The summed E-state index contributed by atoms with van der Waals surface area (Å²) in [7, 11) is -1.27. The van der Waals surface area contributed by atoms with Gasteiger partial charge in [-0.25, -0.2) is 4.79 Å². The van der Waals surface area contributed by atoms with Crippen LogP contribution >= 0.6 is 0 Å². The van der Waals surface area contributed by atoms with Crippen molar-refractivity contribution in [3.8, 4) is 0 Å². The van der Waals surface area contributed by atoms with E-state index in [-0.39, 0.29) is 12.6 Å². The largest absolute Gasteiger partial charge is 0.463 e. The first-order valence-corrected chi connectivity index (χ1v) is 15.8. The topological polar surface area (TPSA) is 66.8 Å². The van der Waals surface area contributed by atoms with Crippen molar-refractivity contribution < 1.29 is 19.7 Å². The lowest BCUT2D eigenvalue weighted by atomic mass is 9.75. The summed E-state index contributed by atoms with van der Waals surface area (Å²) in [4.78, 5) is 13.1. The van der Waals surface area contributed by atoms with Crippen LogP contribution in [-0.2, 0) is 9.53 Å². The molecular weight excluding hydrogens is 392 g/mol. The molecule has 0 unspecified atom stereocenters. The maximum atomic E-state index is 13.1. The number of unbranched alkanes of at least 4 members (excludes halogenated alkanes) is 6. The Balaban J connectivity index is 2.92. The zero-order valence-corrected chi connectivity index (χ0v) is 20.9. The Bertz CT molecular complexity index is 550. The first kappa shape index (κ1) is 27.1. The van der Waals surface area contributed by atoms with Gasteiger partial charge in [0.05, 0.1) is 12.7 Å². The van der Waals surface area contributed by atoms with Crippen molar-refractivity contribution in [2.24, 2.45) is 5.41 Å². The first-order chi connectivity index (χ1) is 14.3. The number of hydrogen-bond donors (Lipinski definition) is 2. The first-order valence-electron chi connectivity index (χ1n) is 12.1. The third kappa shape index (κ3) is 9.48. The van der Waals surface area contributed by atoms with Gasteiger partial charge in [-0.15, -0.1) is 0 Å². The van der Waals surface area contributed by atoms with Gasteiger partial charge in [0.15, 0.2) is 0 Å². The van der Waals surface area contributed by atoms with Gasteiger partial charge in [-0.05, 0) is 51.0 Å². The molecule has 0 aromatic carbocycles. The number of aliphatic hydroxyl groups excluding tert-OH is 2. The third-order valence-corrected chi connectivity index (χ3v) is 7.77. The van der Waals surface area contributed by atoms with Gasteiger partial charge in [0.2, 0.25) is 0 Å². The molecule has 1 rings (SSSR count). The molecule has 30 heavy (non-hydrogen) atoms. The van der Waals surface area contributed by atoms with Gasteiger partial charge in [0.25, 0.3) is 0 Å². The maximum Gasteiger partial charge on any atom is 0.334 e. The van der Waals surface area contributed by atoms with Crippen molar-refractivity contribution in [2.75, 3.05) is 13.2 Å². The minimum atomic E-state index is -1.27. The zero-order chi connectivity index (χ0) is 22.5. The van der Waals surface area contributed by atoms with Gasteiger partial charge in [-0.1, -0.05) is 70.5 Å². The molecule has 2 atom stereocenters. The smallest absolute Gasteiger partial charge is 0.334 e. The molecule has 174 valence electrons. The molecule has 5 heteroatoms. The van der Waals surface area contributed by atoms with Crippen molar-refractivity contribution in [3.63, 3.8) is 0 Å². The van der Waals surface area contributed by atoms with Crippen LogP contribution in [-0.4, -0.2) is 43.6 Å². The van der Waals surface area contributed by atoms with Crippen molar-refractivity contribution in [1.29, 1.82) is 0 Å². The Morgan fingerprint density at radius 3 is 2.47 bits per heavy atom. The Kier molecular flexibility index (Phi) is 12.8. The molecule has 1 saturated carbocycles. The van der Waals surface area contributed by atoms with Crippen LogP contribution < -0.4 is 0 Å². The molecule has 1 aliphatic rings. The summed E-state index contributed by atoms with van der Waals surface area (Å²) in [5, 5.41) is 19.8.